The molecule has 2 aromatic rings. The molecule has 130 valence electrons. The minimum atomic E-state index is -0.158. The Balaban J connectivity index is 1.56. The van der Waals surface area contributed by atoms with Crippen molar-refractivity contribution >= 4 is 5.91 Å². The first-order valence-corrected chi connectivity index (χ1v) is 8.58. The minimum absolute atomic E-state index is 0.0802. The molecule has 3 heterocycles. The summed E-state index contributed by atoms with van der Waals surface area (Å²) >= 11 is 0. The van der Waals surface area contributed by atoms with Gasteiger partial charge in [0.25, 0.3) is 0 Å². The van der Waals surface area contributed by atoms with Gasteiger partial charge < -0.3 is 14.2 Å². The first kappa shape index (κ1) is 16.0. The zero-order valence-corrected chi connectivity index (χ0v) is 13.9. The molecule has 1 fully saturated rings. The van der Waals surface area contributed by atoms with E-state index >= 15 is 0 Å². The van der Waals surface area contributed by atoms with Crippen molar-refractivity contribution < 1.29 is 14.1 Å². The number of pyridine rings is 1. The van der Waals surface area contributed by atoms with Gasteiger partial charge in [-0.1, -0.05) is 17.3 Å². The van der Waals surface area contributed by atoms with E-state index in [0.717, 1.165) is 12.0 Å². The van der Waals surface area contributed by atoms with Crippen LogP contribution >= 0.6 is 0 Å². The highest BCUT2D eigenvalue weighted by Crippen LogP contribution is 2.35. The van der Waals surface area contributed by atoms with Gasteiger partial charge in [-0.15, -0.1) is 0 Å². The lowest BCUT2D eigenvalue weighted by atomic mass is 9.81. The van der Waals surface area contributed by atoms with E-state index in [1.807, 2.05) is 17.0 Å². The maximum Gasteiger partial charge on any atom is 0.231 e. The van der Waals surface area contributed by atoms with Crippen molar-refractivity contribution in [2.24, 2.45) is 5.92 Å². The maximum atomic E-state index is 13.0. The van der Waals surface area contributed by atoms with Gasteiger partial charge in [0, 0.05) is 31.0 Å². The van der Waals surface area contributed by atoms with E-state index in [0.29, 0.717) is 44.4 Å². The fraction of sp³-hybridized carbons (Fsp3) is 0.444. The van der Waals surface area contributed by atoms with Gasteiger partial charge in [-0.05, 0) is 25.0 Å². The third-order valence-electron chi connectivity index (χ3n) is 4.77. The number of carbonyl (C=O) groups excluding carboxylic acids is 1. The van der Waals surface area contributed by atoms with Gasteiger partial charge in [-0.25, -0.2) is 0 Å². The number of amides is 1. The lowest BCUT2D eigenvalue weighted by Crippen LogP contribution is -2.45. The number of ether oxygens (including phenoxy) is 1. The van der Waals surface area contributed by atoms with Crippen molar-refractivity contribution in [2.45, 2.75) is 18.8 Å². The third-order valence-corrected chi connectivity index (χ3v) is 4.77. The van der Waals surface area contributed by atoms with Crippen molar-refractivity contribution in [1.82, 2.24) is 20.0 Å². The van der Waals surface area contributed by atoms with E-state index in [9.17, 15) is 4.79 Å². The summed E-state index contributed by atoms with van der Waals surface area (Å²) in [5.74, 6) is 0.978. The molecule has 1 aliphatic carbocycles. The molecule has 2 aliphatic rings. The number of hydrogen-bond donors (Lipinski definition) is 0. The van der Waals surface area contributed by atoms with E-state index in [2.05, 4.69) is 27.3 Å². The molecule has 0 radical (unpaired) electrons. The van der Waals surface area contributed by atoms with Gasteiger partial charge in [-0.3, -0.25) is 9.78 Å². The van der Waals surface area contributed by atoms with Crippen LogP contribution in [0, 0.1) is 5.92 Å². The number of hydrogen-bond acceptors (Lipinski definition) is 6. The average molecular weight is 340 g/mol. The number of morpholine rings is 1. The molecule has 25 heavy (non-hydrogen) atoms. The van der Waals surface area contributed by atoms with Crippen molar-refractivity contribution in [1.29, 1.82) is 0 Å². The zero-order chi connectivity index (χ0) is 17.1. The van der Waals surface area contributed by atoms with Crippen LogP contribution in [-0.2, 0) is 9.53 Å². The van der Waals surface area contributed by atoms with Gasteiger partial charge in [-0.2, -0.15) is 4.98 Å². The highest BCUT2D eigenvalue weighted by Gasteiger charge is 2.36. The summed E-state index contributed by atoms with van der Waals surface area (Å²) in [6, 6.07) is 3.68. The van der Waals surface area contributed by atoms with Crippen LogP contribution in [0.4, 0.5) is 0 Å². The fourth-order valence-corrected chi connectivity index (χ4v) is 3.38. The summed E-state index contributed by atoms with van der Waals surface area (Å²) < 4.78 is 10.9. The first-order chi connectivity index (χ1) is 12.3. The summed E-state index contributed by atoms with van der Waals surface area (Å²) in [5, 5.41) is 4.09. The van der Waals surface area contributed by atoms with E-state index in [1.54, 1.807) is 12.4 Å². The zero-order valence-electron chi connectivity index (χ0n) is 13.9. The second-order valence-electron chi connectivity index (χ2n) is 6.29. The average Bonchev–Trinajstić information content (AvgIpc) is 3.19. The molecular weight excluding hydrogens is 320 g/mol. The first-order valence-electron chi connectivity index (χ1n) is 8.58. The largest absolute Gasteiger partial charge is 0.378 e. The summed E-state index contributed by atoms with van der Waals surface area (Å²) in [4.78, 5) is 23.4. The topological polar surface area (TPSA) is 81.3 Å². The van der Waals surface area contributed by atoms with Crippen LogP contribution in [0.3, 0.4) is 0 Å². The van der Waals surface area contributed by atoms with Crippen molar-refractivity contribution in [3.63, 3.8) is 0 Å². The Kier molecular flexibility index (Phi) is 4.56. The molecule has 7 heteroatoms. The van der Waals surface area contributed by atoms with E-state index in [1.165, 1.54) is 0 Å². The third kappa shape index (κ3) is 3.32. The van der Waals surface area contributed by atoms with Crippen LogP contribution in [0.2, 0.25) is 0 Å². The SMILES string of the molecule is O=C([C@H]1CC=CC[C@H]1c1nc(-c2ccncc2)no1)N1CCOCC1. The molecule has 0 N–H and O–H groups in total. The summed E-state index contributed by atoms with van der Waals surface area (Å²) in [7, 11) is 0. The Labute approximate surface area is 145 Å². The normalized spacial score (nSPS) is 23.6. The molecule has 0 spiro atoms. The number of carbonyl (C=O) groups is 1. The van der Waals surface area contributed by atoms with Gasteiger partial charge in [0.05, 0.1) is 25.0 Å². The molecule has 0 bridgehead atoms. The Morgan fingerprint density at radius 2 is 1.88 bits per heavy atom. The molecule has 2 atom stereocenters. The standard InChI is InChI=1S/C18H20N4O3/c23-18(22-9-11-24-12-10-22)15-4-2-1-3-14(15)17-20-16(21-25-17)13-5-7-19-8-6-13/h1-2,5-8,14-15H,3-4,9-12H2/t14-,15+/m1/s1. The van der Waals surface area contributed by atoms with E-state index in [-0.39, 0.29) is 17.7 Å². The number of nitrogens with zero attached hydrogens (tertiary/aromatic N) is 4. The number of aromatic nitrogens is 3. The second-order valence-corrected chi connectivity index (χ2v) is 6.29. The molecule has 0 saturated carbocycles. The molecule has 1 aliphatic heterocycles. The number of allylic oxidation sites excluding steroid dienone is 2. The van der Waals surface area contributed by atoms with Crippen LogP contribution in [-0.4, -0.2) is 52.2 Å². The lowest BCUT2D eigenvalue weighted by Gasteiger charge is -2.33. The highest BCUT2D eigenvalue weighted by molar-refractivity contribution is 5.80. The van der Waals surface area contributed by atoms with Crippen LogP contribution in [0.1, 0.15) is 24.7 Å². The lowest BCUT2D eigenvalue weighted by molar-refractivity contribution is -0.140. The molecular formula is C18H20N4O3. The molecule has 7 nitrogen and oxygen atoms in total. The van der Waals surface area contributed by atoms with Gasteiger partial charge in [0.15, 0.2) is 0 Å². The summed E-state index contributed by atoms with van der Waals surface area (Å²) in [5.41, 5.74) is 0.854. The van der Waals surface area contributed by atoms with Crippen LogP contribution < -0.4 is 0 Å². The van der Waals surface area contributed by atoms with Crippen molar-refractivity contribution in [2.75, 3.05) is 26.3 Å². The monoisotopic (exact) mass is 340 g/mol. The van der Waals surface area contributed by atoms with Crippen molar-refractivity contribution in [3.05, 3.63) is 42.6 Å². The molecule has 0 unspecified atom stereocenters. The molecule has 1 saturated heterocycles. The molecule has 2 aromatic heterocycles. The van der Waals surface area contributed by atoms with Gasteiger partial charge in [0.1, 0.15) is 0 Å². The van der Waals surface area contributed by atoms with E-state index in [4.69, 9.17) is 9.26 Å². The Bertz CT molecular complexity index is 753. The van der Waals surface area contributed by atoms with Gasteiger partial charge in [0.2, 0.25) is 17.6 Å². The van der Waals surface area contributed by atoms with Crippen LogP contribution in [0.5, 0.6) is 0 Å². The van der Waals surface area contributed by atoms with Crippen LogP contribution in [0.15, 0.2) is 41.2 Å². The molecule has 0 aromatic carbocycles. The maximum absolute atomic E-state index is 13.0. The molecule has 4 rings (SSSR count). The van der Waals surface area contributed by atoms with Crippen molar-refractivity contribution in [3.8, 4) is 11.4 Å². The van der Waals surface area contributed by atoms with Crippen LogP contribution in [0.25, 0.3) is 11.4 Å². The quantitative estimate of drug-likeness (QED) is 0.795. The Morgan fingerprint density at radius 3 is 2.68 bits per heavy atom. The summed E-state index contributed by atoms with van der Waals surface area (Å²) in [6.07, 6.45) is 8.98. The Hall–Kier alpha value is -2.54. The Morgan fingerprint density at radius 1 is 1.12 bits per heavy atom. The number of rotatable bonds is 3. The van der Waals surface area contributed by atoms with Gasteiger partial charge >= 0.3 is 0 Å². The second kappa shape index (κ2) is 7.14. The highest BCUT2D eigenvalue weighted by atomic mass is 16.5. The fourth-order valence-electron chi connectivity index (χ4n) is 3.38. The predicted octanol–water partition coefficient (Wildman–Crippen LogP) is 2.04. The predicted molar refractivity (Wildman–Crippen MR) is 89.5 cm³/mol. The minimum Gasteiger partial charge on any atom is -0.378 e. The van der Waals surface area contributed by atoms with E-state index < -0.39 is 0 Å². The molecule has 1 amide bonds. The smallest absolute Gasteiger partial charge is 0.231 e. The summed E-state index contributed by atoms with van der Waals surface area (Å²) in [6.45, 7) is 2.51.